The molecule has 0 bridgehead atoms. The molecule has 0 heterocycles. The molecule has 4 heteroatoms. The number of rotatable bonds is 4. The highest BCUT2D eigenvalue weighted by atomic mass is 79.9. The molecule has 0 amide bonds. The van der Waals surface area contributed by atoms with Crippen LogP contribution in [0.25, 0.3) is 0 Å². The summed E-state index contributed by atoms with van der Waals surface area (Å²) in [6.07, 6.45) is 3.71. The predicted octanol–water partition coefficient (Wildman–Crippen LogP) is 4.49. The van der Waals surface area contributed by atoms with Crippen molar-refractivity contribution in [3.8, 4) is 0 Å². The van der Waals surface area contributed by atoms with E-state index in [9.17, 15) is 0 Å². The molecule has 0 saturated carbocycles. The summed E-state index contributed by atoms with van der Waals surface area (Å²) in [5, 5.41) is 0.719. The highest BCUT2D eigenvalue weighted by molar-refractivity contribution is 9.10. The molecule has 0 unspecified atom stereocenters. The van der Waals surface area contributed by atoms with E-state index in [-0.39, 0.29) is 18.4 Å². The van der Waals surface area contributed by atoms with Gasteiger partial charge in [0.15, 0.2) is 0 Å². The fourth-order valence-electron chi connectivity index (χ4n) is 1.26. The quantitative estimate of drug-likeness (QED) is 0.815. The molecule has 0 aromatic heterocycles. The van der Waals surface area contributed by atoms with Crippen LogP contribution in [0.4, 0.5) is 0 Å². The zero-order chi connectivity index (χ0) is 10.6. The molecule has 1 aromatic rings. The summed E-state index contributed by atoms with van der Waals surface area (Å²) in [6, 6.07) is 5.72. The molecule has 0 aliphatic heterocycles. The molecule has 1 aromatic carbocycles. The van der Waals surface area contributed by atoms with Crippen molar-refractivity contribution in [2.24, 2.45) is 5.73 Å². The summed E-state index contributed by atoms with van der Waals surface area (Å²) in [4.78, 5) is 0. The molecule has 2 N–H and O–H groups in total. The van der Waals surface area contributed by atoms with Crippen LogP contribution in [0.5, 0.6) is 0 Å². The Labute approximate surface area is 110 Å². The van der Waals surface area contributed by atoms with Gasteiger partial charge in [0.1, 0.15) is 0 Å². The van der Waals surface area contributed by atoms with Crippen LogP contribution in [0.3, 0.4) is 0 Å². The van der Waals surface area contributed by atoms with Gasteiger partial charge in [0.05, 0.1) is 0 Å². The molecule has 84 valence electrons. The lowest BCUT2D eigenvalue weighted by Crippen LogP contribution is -2.10. The SMILES string of the molecule is C=CCC[C@@H](N)c1ccc(Cl)cc1Br.Cl. The predicted molar refractivity (Wildman–Crippen MR) is 72.8 cm³/mol. The Morgan fingerprint density at radius 1 is 1.53 bits per heavy atom. The first-order chi connectivity index (χ1) is 6.65. The van der Waals surface area contributed by atoms with E-state index in [4.69, 9.17) is 17.3 Å². The second-order valence-corrected chi connectivity index (χ2v) is 4.43. The van der Waals surface area contributed by atoms with Crippen molar-refractivity contribution in [1.82, 2.24) is 0 Å². The fourth-order valence-corrected chi connectivity index (χ4v) is 2.23. The van der Waals surface area contributed by atoms with Crippen molar-refractivity contribution in [1.29, 1.82) is 0 Å². The summed E-state index contributed by atoms with van der Waals surface area (Å²) in [7, 11) is 0. The third-order valence-corrected chi connectivity index (χ3v) is 2.97. The van der Waals surface area contributed by atoms with E-state index in [0.717, 1.165) is 27.9 Å². The minimum Gasteiger partial charge on any atom is -0.324 e. The third kappa shape index (κ3) is 4.56. The molecule has 0 aliphatic rings. The smallest absolute Gasteiger partial charge is 0.0417 e. The van der Waals surface area contributed by atoms with E-state index in [1.54, 1.807) is 0 Å². The van der Waals surface area contributed by atoms with Crippen LogP contribution in [-0.2, 0) is 0 Å². The molecule has 15 heavy (non-hydrogen) atoms. The maximum absolute atomic E-state index is 6.01. The van der Waals surface area contributed by atoms with Crippen molar-refractivity contribution in [2.45, 2.75) is 18.9 Å². The summed E-state index contributed by atoms with van der Waals surface area (Å²) in [5.41, 5.74) is 7.10. The average Bonchev–Trinajstić information content (AvgIpc) is 2.14. The van der Waals surface area contributed by atoms with Crippen LogP contribution in [0.1, 0.15) is 24.4 Å². The molecular formula is C11H14BrCl2N. The molecule has 1 nitrogen and oxygen atoms in total. The zero-order valence-electron chi connectivity index (χ0n) is 8.25. The topological polar surface area (TPSA) is 26.0 Å². The van der Waals surface area contributed by atoms with Gasteiger partial charge in [-0.25, -0.2) is 0 Å². The summed E-state index contributed by atoms with van der Waals surface area (Å²) in [6.45, 7) is 3.67. The summed E-state index contributed by atoms with van der Waals surface area (Å²) in [5.74, 6) is 0. The van der Waals surface area contributed by atoms with Crippen LogP contribution in [-0.4, -0.2) is 0 Å². The van der Waals surface area contributed by atoms with Crippen molar-refractivity contribution in [3.63, 3.8) is 0 Å². The molecule has 0 aliphatic carbocycles. The second kappa shape index (κ2) is 7.29. The van der Waals surface area contributed by atoms with Gasteiger partial charge in [0.25, 0.3) is 0 Å². The molecule has 0 fully saturated rings. The Morgan fingerprint density at radius 2 is 2.20 bits per heavy atom. The second-order valence-electron chi connectivity index (χ2n) is 3.14. The van der Waals surface area contributed by atoms with E-state index < -0.39 is 0 Å². The third-order valence-electron chi connectivity index (χ3n) is 2.04. The van der Waals surface area contributed by atoms with Crippen molar-refractivity contribution < 1.29 is 0 Å². The van der Waals surface area contributed by atoms with Gasteiger partial charge in [-0.15, -0.1) is 19.0 Å². The first kappa shape index (κ1) is 15.0. The van der Waals surface area contributed by atoms with Crippen LogP contribution < -0.4 is 5.73 Å². The number of hydrogen-bond acceptors (Lipinski definition) is 1. The lowest BCUT2D eigenvalue weighted by Gasteiger charge is -2.12. The van der Waals surface area contributed by atoms with E-state index in [0.29, 0.717) is 0 Å². The first-order valence-electron chi connectivity index (χ1n) is 4.46. The van der Waals surface area contributed by atoms with Gasteiger partial charge < -0.3 is 5.73 Å². The van der Waals surface area contributed by atoms with E-state index in [2.05, 4.69) is 22.5 Å². The summed E-state index contributed by atoms with van der Waals surface area (Å²) < 4.78 is 0.974. The van der Waals surface area contributed by atoms with Gasteiger partial charge in [0.2, 0.25) is 0 Å². The number of benzene rings is 1. The van der Waals surface area contributed by atoms with Crippen LogP contribution in [0, 0.1) is 0 Å². The fraction of sp³-hybridized carbons (Fsp3) is 0.273. The maximum atomic E-state index is 6.01. The first-order valence-corrected chi connectivity index (χ1v) is 5.63. The van der Waals surface area contributed by atoms with Crippen molar-refractivity contribution in [3.05, 3.63) is 45.9 Å². The van der Waals surface area contributed by atoms with Crippen LogP contribution in [0.2, 0.25) is 5.02 Å². The Hall–Kier alpha value is -0.0200. The number of allylic oxidation sites excluding steroid dienone is 1. The monoisotopic (exact) mass is 309 g/mol. The Morgan fingerprint density at radius 3 is 2.73 bits per heavy atom. The lowest BCUT2D eigenvalue weighted by atomic mass is 10.0. The number of hydrogen-bond donors (Lipinski definition) is 1. The van der Waals surface area contributed by atoms with Gasteiger partial charge in [-0.05, 0) is 30.5 Å². The Kier molecular flexibility index (Phi) is 7.28. The van der Waals surface area contributed by atoms with Gasteiger partial charge in [-0.3, -0.25) is 0 Å². The van der Waals surface area contributed by atoms with E-state index in [1.807, 2.05) is 24.3 Å². The van der Waals surface area contributed by atoms with Gasteiger partial charge >= 0.3 is 0 Å². The zero-order valence-corrected chi connectivity index (χ0v) is 11.4. The normalized spacial score (nSPS) is 11.7. The average molecular weight is 311 g/mol. The molecule has 0 spiro atoms. The largest absolute Gasteiger partial charge is 0.324 e. The Balaban J connectivity index is 0.00000196. The molecule has 1 rings (SSSR count). The standard InChI is InChI=1S/C11H13BrClN.ClH/c1-2-3-4-11(14)9-6-5-8(13)7-10(9)12;/h2,5-7,11H,1,3-4,14H2;1H/t11-;/m1./s1. The van der Waals surface area contributed by atoms with Crippen molar-refractivity contribution in [2.75, 3.05) is 0 Å². The van der Waals surface area contributed by atoms with Gasteiger partial charge in [0, 0.05) is 15.5 Å². The molecular weight excluding hydrogens is 297 g/mol. The highest BCUT2D eigenvalue weighted by Crippen LogP contribution is 2.27. The minimum absolute atomic E-state index is 0. The van der Waals surface area contributed by atoms with Crippen LogP contribution >= 0.6 is 39.9 Å². The van der Waals surface area contributed by atoms with Gasteiger partial charge in [-0.1, -0.05) is 39.7 Å². The van der Waals surface area contributed by atoms with E-state index >= 15 is 0 Å². The summed E-state index contributed by atoms with van der Waals surface area (Å²) >= 11 is 9.29. The van der Waals surface area contributed by atoms with Crippen LogP contribution in [0.15, 0.2) is 35.3 Å². The van der Waals surface area contributed by atoms with Crippen molar-refractivity contribution >= 4 is 39.9 Å². The molecule has 1 atom stereocenters. The maximum Gasteiger partial charge on any atom is 0.0417 e. The highest BCUT2D eigenvalue weighted by Gasteiger charge is 2.08. The minimum atomic E-state index is 0. The lowest BCUT2D eigenvalue weighted by molar-refractivity contribution is 0.659. The van der Waals surface area contributed by atoms with E-state index in [1.165, 1.54) is 0 Å². The molecule has 0 saturated heterocycles. The number of halogens is 3. The Bertz CT molecular complexity index is 328. The number of nitrogens with two attached hydrogens (primary N) is 1. The van der Waals surface area contributed by atoms with Gasteiger partial charge in [-0.2, -0.15) is 0 Å². The molecule has 0 radical (unpaired) electrons.